The summed E-state index contributed by atoms with van der Waals surface area (Å²) in [6.45, 7) is 1.30. The Bertz CT molecular complexity index is 745. The molecular weight excluding hydrogens is 356 g/mol. The maximum atomic E-state index is 12.0. The summed E-state index contributed by atoms with van der Waals surface area (Å²) in [4.78, 5) is -0.0210. The quantitative estimate of drug-likeness (QED) is 0.684. The van der Waals surface area contributed by atoms with E-state index in [0.717, 1.165) is 0 Å². The highest BCUT2D eigenvalue weighted by Gasteiger charge is 2.17. The molecule has 0 bridgehead atoms. The molecule has 1 aromatic rings. The minimum absolute atomic E-state index is 0.0385. The Hall–Kier alpha value is -0.740. The van der Waals surface area contributed by atoms with Gasteiger partial charge in [0.1, 0.15) is 4.99 Å². The molecule has 0 unspecified atom stereocenters. The first kappa shape index (κ1) is 18.3. The van der Waals surface area contributed by atoms with E-state index in [0.29, 0.717) is 5.56 Å². The van der Waals surface area contributed by atoms with Crippen LogP contribution in [0.25, 0.3) is 0 Å². The molecule has 3 N–H and O–H groups in total. The molecular formula is C11H15ClN2O4S3. The molecule has 0 fully saturated rings. The predicted molar refractivity (Wildman–Crippen MR) is 86.9 cm³/mol. The molecule has 0 atom stereocenters. The molecule has 10 heteroatoms. The Labute approximate surface area is 134 Å². The lowest BCUT2D eigenvalue weighted by molar-refractivity contribution is 0.581. The topological polar surface area (TPSA) is 106 Å². The van der Waals surface area contributed by atoms with Crippen LogP contribution in [0.2, 0.25) is 5.02 Å². The van der Waals surface area contributed by atoms with Gasteiger partial charge in [0.2, 0.25) is 10.0 Å². The van der Waals surface area contributed by atoms with Crippen LogP contribution in [0.4, 0.5) is 0 Å². The smallest absolute Gasteiger partial charge is 0.240 e. The second kappa shape index (κ2) is 7.01. The van der Waals surface area contributed by atoms with Crippen molar-refractivity contribution in [3.05, 3.63) is 28.8 Å². The first-order valence-electron chi connectivity index (χ1n) is 5.88. The summed E-state index contributed by atoms with van der Waals surface area (Å²) in [5.74, 6) is -0.301. The molecule has 0 aliphatic carbocycles. The molecule has 0 aromatic heterocycles. The van der Waals surface area contributed by atoms with E-state index in [-0.39, 0.29) is 33.0 Å². The van der Waals surface area contributed by atoms with Crippen LogP contribution in [0, 0.1) is 0 Å². The van der Waals surface area contributed by atoms with Gasteiger partial charge in [-0.1, -0.05) is 30.7 Å². The second-order valence-corrected chi connectivity index (χ2v) is 9.23. The van der Waals surface area contributed by atoms with E-state index in [1.165, 1.54) is 25.1 Å². The lowest BCUT2D eigenvalue weighted by Crippen LogP contribution is -2.29. The van der Waals surface area contributed by atoms with Gasteiger partial charge in [0.05, 0.1) is 15.7 Å². The molecule has 1 aromatic carbocycles. The maximum absolute atomic E-state index is 12.0. The third-order valence-corrected chi connectivity index (χ3v) is 6.36. The minimum atomic E-state index is -3.84. The van der Waals surface area contributed by atoms with Crippen molar-refractivity contribution in [3.63, 3.8) is 0 Å². The number of benzene rings is 1. The van der Waals surface area contributed by atoms with Crippen molar-refractivity contribution in [3.8, 4) is 0 Å². The van der Waals surface area contributed by atoms with Crippen molar-refractivity contribution in [2.75, 3.05) is 18.1 Å². The monoisotopic (exact) mass is 370 g/mol. The molecule has 0 aliphatic heterocycles. The second-order valence-electron chi connectivity index (χ2n) is 4.14. The van der Waals surface area contributed by atoms with Gasteiger partial charge in [0.15, 0.2) is 9.84 Å². The van der Waals surface area contributed by atoms with Crippen LogP contribution in [0.5, 0.6) is 0 Å². The van der Waals surface area contributed by atoms with Crippen molar-refractivity contribution >= 4 is 48.7 Å². The zero-order valence-corrected chi connectivity index (χ0v) is 14.4. The fourth-order valence-corrected chi connectivity index (χ4v) is 3.89. The first-order valence-corrected chi connectivity index (χ1v) is 9.97. The van der Waals surface area contributed by atoms with E-state index in [4.69, 9.17) is 29.6 Å². The Balaban J connectivity index is 2.89. The molecule has 0 saturated heterocycles. The highest BCUT2D eigenvalue weighted by atomic mass is 35.5. The van der Waals surface area contributed by atoms with E-state index < -0.39 is 19.9 Å². The Morgan fingerprint density at radius 1 is 1.33 bits per heavy atom. The molecule has 0 radical (unpaired) electrons. The van der Waals surface area contributed by atoms with Crippen LogP contribution < -0.4 is 10.5 Å². The SMILES string of the molecule is CCS(=O)(=O)CCNS(=O)(=O)c1ccc(C(N)=S)c(Cl)c1. The molecule has 0 heterocycles. The summed E-state index contributed by atoms with van der Waals surface area (Å²) in [6.07, 6.45) is 0. The molecule has 1 rings (SSSR count). The normalized spacial score (nSPS) is 12.3. The van der Waals surface area contributed by atoms with Gasteiger partial charge in [-0.05, 0) is 18.2 Å². The van der Waals surface area contributed by atoms with Gasteiger partial charge in [0, 0.05) is 17.9 Å². The average Bonchev–Trinajstić information content (AvgIpc) is 2.37. The third-order valence-electron chi connectivity index (χ3n) is 2.66. The van der Waals surface area contributed by atoms with Crippen molar-refractivity contribution in [2.45, 2.75) is 11.8 Å². The van der Waals surface area contributed by atoms with Gasteiger partial charge in [-0.2, -0.15) is 0 Å². The largest absolute Gasteiger partial charge is 0.389 e. The van der Waals surface area contributed by atoms with E-state index in [9.17, 15) is 16.8 Å². The Morgan fingerprint density at radius 2 is 1.95 bits per heavy atom. The number of sulfonamides is 1. The van der Waals surface area contributed by atoms with Crippen LogP contribution in [-0.4, -0.2) is 39.9 Å². The molecule has 21 heavy (non-hydrogen) atoms. The van der Waals surface area contributed by atoms with Crippen LogP contribution >= 0.6 is 23.8 Å². The van der Waals surface area contributed by atoms with E-state index in [1.54, 1.807) is 0 Å². The number of rotatable bonds is 7. The van der Waals surface area contributed by atoms with Crippen LogP contribution in [-0.2, 0) is 19.9 Å². The molecule has 0 saturated carbocycles. The van der Waals surface area contributed by atoms with Gasteiger partial charge in [-0.3, -0.25) is 0 Å². The van der Waals surface area contributed by atoms with E-state index >= 15 is 0 Å². The van der Waals surface area contributed by atoms with E-state index in [2.05, 4.69) is 4.72 Å². The lowest BCUT2D eigenvalue weighted by Gasteiger charge is -2.09. The molecule has 0 amide bonds. The fourth-order valence-electron chi connectivity index (χ4n) is 1.42. The number of halogens is 1. The van der Waals surface area contributed by atoms with Crippen LogP contribution in [0.3, 0.4) is 0 Å². The Morgan fingerprint density at radius 3 is 2.43 bits per heavy atom. The van der Waals surface area contributed by atoms with Gasteiger partial charge in [-0.25, -0.2) is 21.6 Å². The zero-order chi connectivity index (χ0) is 16.3. The van der Waals surface area contributed by atoms with Gasteiger partial charge < -0.3 is 5.73 Å². The van der Waals surface area contributed by atoms with Crippen molar-refractivity contribution in [1.29, 1.82) is 0 Å². The summed E-state index contributed by atoms with van der Waals surface area (Å²) in [5, 5.41) is 0.117. The summed E-state index contributed by atoms with van der Waals surface area (Å²) >= 11 is 10.7. The third kappa shape index (κ3) is 5.19. The molecule has 0 aliphatic rings. The van der Waals surface area contributed by atoms with Gasteiger partial charge >= 0.3 is 0 Å². The van der Waals surface area contributed by atoms with Crippen molar-refractivity contribution in [2.24, 2.45) is 5.73 Å². The number of hydrogen-bond acceptors (Lipinski definition) is 5. The fraction of sp³-hybridized carbons (Fsp3) is 0.364. The zero-order valence-electron chi connectivity index (χ0n) is 11.2. The lowest BCUT2D eigenvalue weighted by atomic mass is 10.2. The summed E-state index contributed by atoms with van der Waals surface area (Å²) in [5.41, 5.74) is 5.81. The number of thiocarbonyl (C=S) groups is 1. The maximum Gasteiger partial charge on any atom is 0.240 e. The first-order chi connectivity index (χ1) is 9.59. The van der Waals surface area contributed by atoms with Gasteiger partial charge in [0.25, 0.3) is 0 Å². The highest BCUT2D eigenvalue weighted by Crippen LogP contribution is 2.20. The summed E-state index contributed by atoms with van der Waals surface area (Å²) < 4.78 is 48.9. The standard InChI is InChI=1S/C11H15ClN2O4S3/c1-2-20(15,16)6-5-14-21(17,18)8-3-4-9(11(13)19)10(12)7-8/h3-4,7,14H,2,5-6H2,1H3,(H2,13,19). The Kier molecular flexibility index (Phi) is 6.11. The van der Waals surface area contributed by atoms with Crippen LogP contribution in [0.1, 0.15) is 12.5 Å². The average molecular weight is 371 g/mol. The number of nitrogens with one attached hydrogen (secondary N) is 1. The van der Waals surface area contributed by atoms with Crippen LogP contribution in [0.15, 0.2) is 23.1 Å². The number of sulfone groups is 1. The van der Waals surface area contributed by atoms with Crippen molar-refractivity contribution in [1.82, 2.24) is 4.72 Å². The van der Waals surface area contributed by atoms with Crippen molar-refractivity contribution < 1.29 is 16.8 Å². The molecule has 6 nitrogen and oxygen atoms in total. The summed E-state index contributed by atoms with van der Waals surface area (Å²) in [7, 11) is -7.08. The minimum Gasteiger partial charge on any atom is -0.389 e. The summed E-state index contributed by atoms with van der Waals surface area (Å²) in [6, 6.07) is 3.92. The highest BCUT2D eigenvalue weighted by molar-refractivity contribution is 7.91. The molecule has 118 valence electrons. The number of hydrogen-bond donors (Lipinski definition) is 2. The van der Waals surface area contributed by atoms with E-state index in [1.807, 2.05) is 0 Å². The molecule has 0 spiro atoms. The number of nitrogens with two attached hydrogens (primary N) is 1. The van der Waals surface area contributed by atoms with Gasteiger partial charge in [-0.15, -0.1) is 0 Å². The predicted octanol–water partition coefficient (Wildman–Crippen LogP) is 0.687.